The summed E-state index contributed by atoms with van der Waals surface area (Å²) in [6, 6.07) is 32.5. The Morgan fingerprint density at radius 2 is 1.37 bits per heavy atom. The van der Waals surface area contributed by atoms with Crippen LogP contribution >= 0.6 is 15.9 Å². The van der Waals surface area contributed by atoms with Crippen molar-refractivity contribution in [1.29, 1.82) is 0 Å². The maximum atomic E-state index is 13.0. The zero-order valence-electron chi connectivity index (χ0n) is 20.2. The molecule has 0 spiro atoms. The molecule has 4 aromatic carbocycles. The van der Waals surface area contributed by atoms with Gasteiger partial charge in [0.2, 0.25) is 5.91 Å². The minimum atomic E-state index is -0.538. The highest BCUT2D eigenvalue weighted by molar-refractivity contribution is 9.10. The quantitative estimate of drug-likeness (QED) is 0.127. The summed E-state index contributed by atoms with van der Waals surface area (Å²) >= 11 is 3.33. The summed E-state index contributed by atoms with van der Waals surface area (Å²) in [6.07, 6.45) is 1.45. The molecular weight excluding hydrogens is 546 g/mol. The van der Waals surface area contributed by atoms with E-state index in [9.17, 15) is 14.4 Å². The Balaban J connectivity index is 1.28. The number of rotatable bonds is 9. The fraction of sp³-hybridized carbons (Fsp3) is 0.0667. The lowest BCUT2D eigenvalue weighted by Crippen LogP contribution is -2.37. The van der Waals surface area contributed by atoms with E-state index in [-0.39, 0.29) is 12.5 Å². The van der Waals surface area contributed by atoms with Crippen LogP contribution in [-0.2, 0) is 9.59 Å². The molecular formula is C30H24BrN3O4. The molecule has 0 heterocycles. The van der Waals surface area contributed by atoms with Crippen LogP contribution in [0.4, 0.5) is 0 Å². The molecule has 38 heavy (non-hydrogen) atoms. The number of hydrazone groups is 1. The van der Waals surface area contributed by atoms with Crippen molar-refractivity contribution >= 4 is 39.9 Å². The number of hydrogen-bond acceptors (Lipinski definition) is 5. The summed E-state index contributed by atoms with van der Waals surface area (Å²) in [7, 11) is 0. The number of hydrogen-bond donors (Lipinski definition) is 2. The molecule has 0 aliphatic heterocycles. The fourth-order valence-electron chi connectivity index (χ4n) is 3.68. The number of carbonyl (C=O) groups excluding carboxylic acids is 3. The van der Waals surface area contributed by atoms with E-state index in [1.54, 1.807) is 42.5 Å². The van der Waals surface area contributed by atoms with Gasteiger partial charge in [-0.1, -0.05) is 72.8 Å². The lowest BCUT2D eigenvalue weighted by Gasteiger charge is -2.17. The Hall–Kier alpha value is -4.56. The molecule has 0 aliphatic rings. The van der Waals surface area contributed by atoms with Crippen molar-refractivity contribution in [1.82, 2.24) is 10.7 Å². The number of nitrogens with zero attached hydrogens (tertiary/aromatic N) is 1. The van der Waals surface area contributed by atoms with E-state index in [4.69, 9.17) is 4.74 Å². The molecule has 2 amide bonds. The Bertz CT molecular complexity index is 1390. The Morgan fingerprint density at radius 1 is 0.789 bits per heavy atom. The van der Waals surface area contributed by atoms with Crippen LogP contribution in [0.15, 0.2) is 119 Å². The first-order valence-electron chi connectivity index (χ1n) is 11.8. The third-order valence-corrected chi connectivity index (χ3v) is 6.23. The van der Waals surface area contributed by atoms with Crippen LogP contribution in [0.25, 0.3) is 0 Å². The fourth-order valence-corrected chi connectivity index (χ4v) is 4.13. The van der Waals surface area contributed by atoms with E-state index < -0.39 is 17.8 Å². The first-order chi connectivity index (χ1) is 18.5. The van der Waals surface area contributed by atoms with E-state index in [1.807, 2.05) is 66.7 Å². The maximum Gasteiger partial charge on any atom is 0.344 e. The molecule has 4 rings (SSSR count). The molecule has 0 radical (unpaired) electrons. The number of nitrogens with one attached hydrogen (secondary N) is 2. The van der Waals surface area contributed by atoms with Crippen molar-refractivity contribution in [2.45, 2.75) is 5.92 Å². The average Bonchev–Trinajstić information content (AvgIpc) is 2.94. The van der Waals surface area contributed by atoms with Gasteiger partial charge in [0.15, 0.2) is 0 Å². The molecule has 7 nitrogen and oxygen atoms in total. The monoisotopic (exact) mass is 569 g/mol. The standard InChI is InChI=1S/C30H24BrN3O4/c31-26-14-8-7-13-25(26)30(37)38-24-17-15-21(16-18-24)19-33-34-27(35)20-32-29(36)28(22-9-3-1-4-10-22)23-11-5-2-6-12-23/h1-19,28H,20H2,(H,32,36)(H,34,35)/b33-19-. The first-order valence-corrected chi connectivity index (χ1v) is 12.6. The van der Waals surface area contributed by atoms with E-state index in [2.05, 4.69) is 31.8 Å². The van der Waals surface area contributed by atoms with Gasteiger partial charge in [0, 0.05) is 4.47 Å². The molecule has 0 saturated heterocycles. The van der Waals surface area contributed by atoms with Gasteiger partial charge in [-0.15, -0.1) is 0 Å². The van der Waals surface area contributed by atoms with Gasteiger partial charge in [0.1, 0.15) is 5.75 Å². The lowest BCUT2D eigenvalue weighted by molar-refractivity contribution is -0.126. The minimum absolute atomic E-state index is 0.226. The van der Waals surface area contributed by atoms with Crippen molar-refractivity contribution < 1.29 is 19.1 Å². The zero-order valence-corrected chi connectivity index (χ0v) is 21.8. The van der Waals surface area contributed by atoms with E-state index in [0.717, 1.165) is 11.1 Å². The molecule has 190 valence electrons. The van der Waals surface area contributed by atoms with Crippen LogP contribution in [0.1, 0.15) is 33.0 Å². The SMILES string of the molecule is O=C(CNC(=O)C(c1ccccc1)c1ccccc1)N/N=C\c1ccc(OC(=O)c2ccccc2Br)cc1. The Morgan fingerprint density at radius 3 is 1.97 bits per heavy atom. The van der Waals surface area contributed by atoms with Gasteiger partial charge in [-0.25, -0.2) is 10.2 Å². The molecule has 0 atom stereocenters. The highest BCUT2D eigenvalue weighted by Crippen LogP contribution is 2.24. The highest BCUT2D eigenvalue weighted by Gasteiger charge is 2.22. The second kappa shape index (κ2) is 13.1. The molecule has 4 aromatic rings. The molecule has 0 unspecified atom stereocenters. The van der Waals surface area contributed by atoms with Gasteiger partial charge in [0.05, 0.1) is 24.2 Å². The predicted molar refractivity (Wildman–Crippen MR) is 149 cm³/mol. The van der Waals surface area contributed by atoms with Crippen LogP contribution in [0.5, 0.6) is 5.75 Å². The smallest absolute Gasteiger partial charge is 0.344 e. The molecule has 2 N–H and O–H groups in total. The molecule has 0 aliphatic carbocycles. The number of esters is 1. The minimum Gasteiger partial charge on any atom is -0.423 e. The number of benzene rings is 4. The number of carbonyl (C=O) groups is 3. The largest absolute Gasteiger partial charge is 0.423 e. The average molecular weight is 570 g/mol. The maximum absolute atomic E-state index is 13.0. The molecule has 0 saturated carbocycles. The summed E-state index contributed by atoms with van der Waals surface area (Å²) in [5, 5.41) is 6.64. The second-order valence-electron chi connectivity index (χ2n) is 8.20. The van der Waals surface area contributed by atoms with Gasteiger partial charge in [-0.05, 0) is 69.0 Å². The van der Waals surface area contributed by atoms with Crippen molar-refractivity contribution in [2.75, 3.05) is 6.54 Å². The van der Waals surface area contributed by atoms with E-state index >= 15 is 0 Å². The van der Waals surface area contributed by atoms with Crippen molar-refractivity contribution in [3.63, 3.8) is 0 Å². The van der Waals surface area contributed by atoms with Crippen LogP contribution < -0.4 is 15.5 Å². The second-order valence-corrected chi connectivity index (χ2v) is 9.06. The van der Waals surface area contributed by atoms with Gasteiger partial charge in [-0.3, -0.25) is 9.59 Å². The van der Waals surface area contributed by atoms with Gasteiger partial charge >= 0.3 is 5.97 Å². The van der Waals surface area contributed by atoms with Gasteiger partial charge in [0.25, 0.3) is 5.91 Å². The van der Waals surface area contributed by atoms with Gasteiger partial charge < -0.3 is 10.1 Å². The number of amides is 2. The molecule has 0 bridgehead atoms. The van der Waals surface area contributed by atoms with Gasteiger partial charge in [-0.2, -0.15) is 5.10 Å². The summed E-state index contributed by atoms with van der Waals surface area (Å²) in [5.41, 5.74) is 5.18. The van der Waals surface area contributed by atoms with E-state index in [1.165, 1.54) is 6.21 Å². The third-order valence-electron chi connectivity index (χ3n) is 5.54. The summed E-state index contributed by atoms with van der Waals surface area (Å²) in [6.45, 7) is -0.226. The van der Waals surface area contributed by atoms with Crippen LogP contribution in [0.2, 0.25) is 0 Å². The van der Waals surface area contributed by atoms with Crippen molar-refractivity contribution in [3.8, 4) is 5.75 Å². The predicted octanol–water partition coefficient (Wildman–Crippen LogP) is 5.07. The Kier molecular flexibility index (Phi) is 9.15. The molecule has 8 heteroatoms. The number of halogens is 1. The molecule has 0 aromatic heterocycles. The topological polar surface area (TPSA) is 96.9 Å². The highest BCUT2D eigenvalue weighted by atomic mass is 79.9. The Labute approximate surface area is 228 Å². The van der Waals surface area contributed by atoms with E-state index in [0.29, 0.717) is 21.3 Å². The normalized spacial score (nSPS) is 10.8. The van der Waals surface area contributed by atoms with Crippen LogP contribution in [0.3, 0.4) is 0 Å². The van der Waals surface area contributed by atoms with Crippen molar-refractivity contribution in [2.24, 2.45) is 5.10 Å². The molecule has 0 fully saturated rings. The zero-order chi connectivity index (χ0) is 26.7. The third kappa shape index (κ3) is 7.24. The first kappa shape index (κ1) is 26.5. The summed E-state index contributed by atoms with van der Waals surface area (Å²) in [5.74, 6) is -1.39. The number of ether oxygens (including phenoxy) is 1. The van der Waals surface area contributed by atoms with Crippen molar-refractivity contribution in [3.05, 3.63) is 136 Å². The van der Waals surface area contributed by atoms with Crippen LogP contribution in [0, 0.1) is 0 Å². The lowest BCUT2D eigenvalue weighted by atomic mass is 9.90. The van der Waals surface area contributed by atoms with Crippen LogP contribution in [-0.4, -0.2) is 30.5 Å². The summed E-state index contributed by atoms with van der Waals surface area (Å²) in [4.78, 5) is 37.6. The summed E-state index contributed by atoms with van der Waals surface area (Å²) < 4.78 is 6.04.